The highest BCUT2D eigenvalue weighted by molar-refractivity contribution is 5.92. The Morgan fingerprint density at radius 1 is 1.40 bits per heavy atom. The second-order valence-electron chi connectivity index (χ2n) is 3.99. The van der Waals surface area contributed by atoms with Crippen LogP contribution in [-0.2, 0) is 9.59 Å². The molecule has 2 N–H and O–H groups in total. The second-order valence-corrected chi connectivity index (χ2v) is 3.99. The molecule has 1 aliphatic rings. The van der Waals surface area contributed by atoms with Gasteiger partial charge in [-0.1, -0.05) is 6.08 Å². The van der Waals surface area contributed by atoms with Gasteiger partial charge >= 0.3 is 5.97 Å². The molecule has 1 aliphatic carbocycles. The van der Waals surface area contributed by atoms with Crippen LogP contribution in [0.15, 0.2) is 11.6 Å². The van der Waals surface area contributed by atoms with Crippen LogP contribution in [0.1, 0.15) is 33.1 Å². The van der Waals surface area contributed by atoms with Gasteiger partial charge in [-0.05, 0) is 33.1 Å². The van der Waals surface area contributed by atoms with E-state index in [-0.39, 0.29) is 17.9 Å². The number of carbonyl (C=O) groups excluding carboxylic acids is 1. The normalized spacial score (nSPS) is 26.4. The van der Waals surface area contributed by atoms with Gasteiger partial charge in [0.1, 0.15) is 0 Å². The van der Waals surface area contributed by atoms with Crippen molar-refractivity contribution in [3.63, 3.8) is 0 Å². The molecule has 0 aromatic carbocycles. The van der Waals surface area contributed by atoms with Gasteiger partial charge in [0.25, 0.3) is 0 Å². The van der Waals surface area contributed by atoms with E-state index in [0.717, 1.165) is 6.42 Å². The Morgan fingerprint density at radius 3 is 2.53 bits per heavy atom. The van der Waals surface area contributed by atoms with Crippen molar-refractivity contribution in [1.29, 1.82) is 0 Å². The summed E-state index contributed by atoms with van der Waals surface area (Å²) in [4.78, 5) is 22.2. The molecule has 0 spiro atoms. The molecule has 1 saturated carbocycles. The van der Waals surface area contributed by atoms with Gasteiger partial charge in [-0.25, -0.2) is 0 Å². The summed E-state index contributed by atoms with van der Waals surface area (Å²) in [6, 6.07) is 0.0218. The number of rotatable bonds is 3. The van der Waals surface area contributed by atoms with E-state index < -0.39 is 5.97 Å². The first kappa shape index (κ1) is 11.8. The van der Waals surface area contributed by atoms with Gasteiger partial charge in [0.2, 0.25) is 5.91 Å². The van der Waals surface area contributed by atoms with Crippen molar-refractivity contribution >= 4 is 11.9 Å². The molecule has 1 amide bonds. The number of carboxylic acid groups (broad SMARTS) is 1. The molecule has 4 nitrogen and oxygen atoms in total. The van der Waals surface area contributed by atoms with E-state index in [4.69, 9.17) is 5.11 Å². The zero-order chi connectivity index (χ0) is 11.4. The summed E-state index contributed by atoms with van der Waals surface area (Å²) >= 11 is 0. The molecule has 0 aliphatic heterocycles. The fraction of sp³-hybridized carbons (Fsp3) is 0.636. The van der Waals surface area contributed by atoms with Crippen LogP contribution in [0.4, 0.5) is 0 Å². The number of hydrogen-bond donors (Lipinski definition) is 2. The third-order valence-corrected chi connectivity index (χ3v) is 2.91. The first-order valence-electron chi connectivity index (χ1n) is 5.21. The lowest BCUT2D eigenvalue weighted by molar-refractivity contribution is -0.141. The van der Waals surface area contributed by atoms with E-state index in [1.54, 1.807) is 13.0 Å². The Morgan fingerprint density at radius 2 is 2.07 bits per heavy atom. The average Bonchev–Trinajstić information content (AvgIpc) is 2.65. The lowest BCUT2D eigenvalue weighted by Crippen LogP contribution is -2.33. The van der Waals surface area contributed by atoms with Crippen molar-refractivity contribution in [3.8, 4) is 0 Å². The molecule has 15 heavy (non-hydrogen) atoms. The van der Waals surface area contributed by atoms with E-state index in [2.05, 4.69) is 5.32 Å². The van der Waals surface area contributed by atoms with Crippen LogP contribution in [0, 0.1) is 5.92 Å². The molecular formula is C11H17NO3. The van der Waals surface area contributed by atoms with Gasteiger partial charge in [-0.3, -0.25) is 9.59 Å². The summed E-state index contributed by atoms with van der Waals surface area (Å²) in [5, 5.41) is 11.6. The Hall–Kier alpha value is -1.32. The first-order valence-corrected chi connectivity index (χ1v) is 5.21. The summed E-state index contributed by atoms with van der Waals surface area (Å²) in [6.45, 7) is 3.56. The smallest absolute Gasteiger partial charge is 0.306 e. The highest BCUT2D eigenvalue weighted by Crippen LogP contribution is 2.25. The van der Waals surface area contributed by atoms with Gasteiger partial charge in [-0.2, -0.15) is 0 Å². The Bertz CT molecular complexity index is 296. The van der Waals surface area contributed by atoms with Crippen LogP contribution >= 0.6 is 0 Å². The van der Waals surface area contributed by atoms with Crippen molar-refractivity contribution in [2.24, 2.45) is 5.92 Å². The minimum Gasteiger partial charge on any atom is -0.481 e. The molecule has 0 saturated heterocycles. The zero-order valence-corrected chi connectivity index (χ0v) is 9.12. The summed E-state index contributed by atoms with van der Waals surface area (Å²) in [5.74, 6) is -1.13. The summed E-state index contributed by atoms with van der Waals surface area (Å²) in [7, 11) is 0. The van der Waals surface area contributed by atoms with Crippen LogP contribution in [0.2, 0.25) is 0 Å². The maximum atomic E-state index is 11.5. The summed E-state index contributed by atoms with van der Waals surface area (Å²) < 4.78 is 0. The number of allylic oxidation sites excluding steroid dienone is 1. The minimum absolute atomic E-state index is 0.0218. The molecule has 0 radical (unpaired) electrons. The molecule has 84 valence electrons. The predicted octanol–water partition coefficient (Wildman–Crippen LogP) is 1.32. The van der Waals surface area contributed by atoms with E-state index in [0.29, 0.717) is 18.4 Å². The van der Waals surface area contributed by atoms with Crippen molar-refractivity contribution in [2.75, 3.05) is 0 Å². The number of aliphatic carboxylic acids is 1. The monoisotopic (exact) mass is 211 g/mol. The van der Waals surface area contributed by atoms with Gasteiger partial charge in [0.15, 0.2) is 0 Å². The summed E-state index contributed by atoms with van der Waals surface area (Å²) in [6.07, 6.45) is 3.73. The average molecular weight is 211 g/mol. The van der Waals surface area contributed by atoms with E-state index in [1.165, 1.54) is 0 Å². The lowest BCUT2D eigenvalue weighted by atomic mass is 10.1. The van der Waals surface area contributed by atoms with E-state index in [1.807, 2.05) is 6.92 Å². The predicted molar refractivity (Wildman–Crippen MR) is 56.3 cm³/mol. The number of carboxylic acids is 1. The van der Waals surface area contributed by atoms with Crippen LogP contribution in [-0.4, -0.2) is 23.0 Å². The van der Waals surface area contributed by atoms with Gasteiger partial charge in [0, 0.05) is 11.6 Å². The maximum Gasteiger partial charge on any atom is 0.306 e. The Balaban J connectivity index is 2.43. The van der Waals surface area contributed by atoms with Crippen LogP contribution in [0.5, 0.6) is 0 Å². The Labute approximate surface area is 89.4 Å². The topological polar surface area (TPSA) is 66.4 Å². The van der Waals surface area contributed by atoms with Crippen LogP contribution in [0.25, 0.3) is 0 Å². The van der Waals surface area contributed by atoms with Gasteiger partial charge in [0.05, 0.1) is 5.92 Å². The second kappa shape index (κ2) is 4.96. The SMILES string of the molecule is C/C=C(/C)C(=O)NC1CCC(C(=O)O)C1. The van der Waals surface area contributed by atoms with Crippen molar-refractivity contribution in [3.05, 3.63) is 11.6 Å². The molecule has 2 atom stereocenters. The molecule has 0 bridgehead atoms. The number of hydrogen-bond acceptors (Lipinski definition) is 2. The third kappa shape index (κ3) is 3.08. The van der Waals surface area contributed by atoms with Crippen LogP contribution < -0.4 is 5.32 Å². The van der Waals surface area contributed by atoms with Gasteiger partial charge < -0.3 is 10.4 Å². The highest BCUT2D eigenvalue weighted by atomic mass is 16.4. The van der Waals surface area contributed by atoms with Crippen molar-refractivity contribution in [1.82, 2.24) is 5.32 Å². The molecule has 1 rings (SSSR count). The lowest BCUT2D eigenvalue weighted by Gasteiger charge is -2.12. The fourth-order valence-corrected chi connectivity index (χ4v) is 1.77. The molecule has 0 aromatic rings. The maximum absolute atomic E-state index is 11.5. The molecule has 1 fully saturated rings. The molecule has 0 heterocycles. The zero-order valence-electron chi connectivity index (χ0n) is 9.12. The quantitative estimate of drug-likeness (QED) is 0.692. The first-order chi connectivity index (χ1) is 7.04. The highest BCUT2D eigenvalue weighted by Gasteiger charge is 2.30. The number of nitrogens with one attached hydrogen (secondary N) is 1. The van der Waals surface area contributed by atoms with Crippen molar-refractivity contribution in [2.45, 2.75) is 39.2 Å². The molecule has 0 aromatic heterocycles. The van der Waals surface area contributed by atoms with E-state index >= 15 is 0 Å². The third-order valence-electron chi connectivity index (χ3n) is 2.91. The van der Waals surface area contributed by atoms with Gasteiger partial charge in [-0.15, -0.1) is 0 Å². The van der Waals surface area contributed by atoms with Crippen molar-refractivity contribution < 1.29 is 14.7 Å². The minimum atomic E-state index is -0.755. The largest absolute Gasteiger partial charge is 0.481 e. The number of amides is 1. The number of carbonyl (C=O) groups is 2. The molecule has 4 heteroatoms. The fourth-order valence-electron chi connectivity index (χ4n) is 1.77. The standard InChI is InChI=1S/C11H17NO3/c1-3-7(2)10(13)12-9-5-4-8(6-9)11(14)15/h3,8-9H,4-6H2,1-2H3,(H,12,13)(H,14,15)/b7-3-. The van der Waals surface area contributed by atoms with Crippen LogP contribution in [0.3, 0.4) is 0 Å². The van der Waals surface area contributed by atoms with E-state index in [9.17, 15) is 9.59 Å². The Kier molecular flexibility index (Phi) is 3.88. The molecular weight excluding hydrogens is 194 g/mol. The summed E-state index contributed by atoms with van der Waals surface area (Å²) in [5.41, 5.74) is 0.675. The molecule has 2 unspecified atom stereocenters.